The van der Waals surface area contributed by atoms with E-state index in [-0.39, 0.29) is 6.54 Å². The number of nitrogens with one attached hydrogen (secondary N) is 1. The van der Waals surface area contributed by atoms with Gasteiger partial charge in [-0.15, -0.1) is 0 Å². The van der Waals surface area contributed by atoms with Gasteiger partial charge in [0.2, 0.25) is 0 Å². The second kappa shape index (κ2) is 7.37. The molecular weight excluding hydrogens is 292 g/mol. The van der Waals surface area contributed by atoms with Crippen molar-refractivity contribution in [3.05, 3.63) is 48.2 Å². The topological polar surface area (TPSA) is 65.9 Å². The van der Waals surface area contributed by atoms with Crippen LogP contribution in [0.2, 0.25) is 0 Å². The van der Waals surface area contributed by atoms with E-state index >= 15 is 0 Å². The molecule has 6 nitrogen and oxygen atoms in total. The van der Waals surface area contributed by atoms with Crippen LogP contribution in [0.5, 0.6) is 0 Å². The van der Waals surface area contributed by atoms with Crippen LogP contribution < -0.4 is 5.32 Å². The molecule has 0 spiro atoms. The zero-order chi connectivity index (χ0) is 16.9. The Bertz CT molecular complexity index is 629. The van der Waals surface area contributed by atoms with Crippen LogP contribution in [0.15, 0.2) is 46.1 Å². The van der Waals surface area contributed by atoms with E-state index < -0.39 is 5.60 Å². The number of aliphatic imine (C=N–C) groups is 1. The Labute approximate surface area is 137 Å². The smallest absolute Gasteiger partial charge is 0.194 e. The molecule has 0 aliphatic heterocycles. The van der Waals surface area contributed by atoms with Crippen molar-refractivity contribution in [3.8, 4) is 0 Å². The molecule has 2 N–H and O–H groups in total. The first-order valence-electron chi connectivity index (χ1n) is 7.80. The summed E-state index contributed by atoms with van der Waals surface area (Å²) in [5.74, 6) is 1.27. The van der Waals surface area contributed by atoms with Gasteiger partial charge in [0.1, 0.15) is 11.4 Å². The van der Waals surface area contributed by atoms with Gasteiger partial charge in [-0.1, -0.05) is 0 Å². The fourth-order valence-corrected chi connectivity index (χ4v) is 2.34. The van der Waals surface area contributed by atoms with Gasteiger partial charge in [-0.05, 0) is 38.1 Å². The van der Waals surface area contributed by atoms with Crippen molar-refractivity contribution in [1.82, 2.24) is 14.8 Å². The molecular formula is C17H26N4O2. The highest BCUT2D eigenvalue weighted by molar-refractivity contribution is 5.79. The maximum absolute atomic E-state index is 10.5. The molecule has 1 unspecified atom stereocenters. The van der Waals surface area contributed by atoms with Gasteiger partial charge in [0.15, 0.2) is 5.96 Å². The summed E-state index contributed by atoms with van der Waals surface area (Å²) in [5.41, 5.74) is 0.0617. The lowest BCUT2D eigenvalue weighted by molar-refractivity contribution is 0.0435. The minimum Gasteiger partial charge on any atom is -0.466 e. The van der Waals surface area contributed by atoms with Crippen LogP contribution in [-0.2, 0) is 19.2 Å². The fourth-order valence-electron chi connectivity index (χ4n) is 2.34. The Hall–Kier alpha value is -2.21. The number of aryl methyl sites for hydroxylation is 1. The molecule has 126 valence electrons. The van der Waals surface area contributed by atoms with Crippen molar-refractivity contribution in [3.63, 3.8) is 0 Å². The Morgan fingerprint density at radius 1 is 1.43 bits per heavy atom. The highest BCUT2D eigenvalue weighted by atomic mass is 16.4. The summed E-state index contributed by atoms with van der Waals surface area (Å²) in [7, 11) is 4.00. The number of nitrogens with zero attached hydrogens (tertiary/aromatic N) is 3. The average Bonchev–Trinajstić information content (AvgIpc) is 3.16. The average molecular weight is 318 g/mol. The first-order valence-corrected chi connectivity index (χ1v) is 7.80. The van der Waals surface area contributed by atoms with E-state index in [1.807, 2.05) is 38.2 Å². The van der Waals surface area contributed by atoms with Gasteiger partial charge in [0.05, 0.1) is 19.4 Å². The normalized spacial score (nSPS) is 14.6. The van der Waals surface area contributed by atoms with Crippen LogP contribution >= 0.6 is 0 Å². The van der Waals surface area contributed by atoms with Gasteiger partial charge >= 0.3 is 0 Å². The molecule has 2 aromatic heterocycles. The molecule has 0 bridgehead atoms. The largest absolute Gasteiger partial charge is 0.466 e. The summed E-state index contributed by atoms with van der Waals surface area (Å²) in [6.45, 7) is 5.45. The van der Waals surface area contributed by atoms with Gasteiger partial charge in [-0.3, -0.25) is 0 Å². The van der Waals surface area contributed by atoms with E-state index in [9.17, 15) is 5.11 Å². The maximum Gasteiger partial charge on any atom is 0.194 e. The van der Waals surface area contributed by atoms with Crippen LogP contribution in [0.4, 0.5) is 0 Å². The number of aliphatic hydroxyl groups is 1. The van der Waals surface area contributed by atoms with E-state index in [2.05, 4.69) is 20.9 Å². The molecule has 6 heteroatoms. The molecule has 1 atom stereocenters. The quantitative estimate of drug-likeness (QED) is 0.631. The summed E-state index contributed by atoms with van der Waals surface area (Å²) >= 11 is 0. The predicted molar refractivity (Wildman–Crippen MR) is 91.1 cm³/mol. The highest BCUT2D eigenvalue weighted by Gasteiger charge is 2.26. The Balaban J connectivity index is 2.09. The lowest BCUT2D eigenvalue weighted by Gasteiger charge is -2.24. The molecule has 0 fully saturated rings. The maximum atomic E-state index is 10.5. The number of hydrogen-bond acceptors (Lipinski definition) is 3. The van der Waals surface area contributed by atoms with Gasteiger partial charge in [0.25, 0.3) is 0 Å². The van der Waals surface area contributed by atoms with Crippen LogP contribution in [0.1, 0.15) is 25.3 Å². The van der Waals surface area contributed by atoms with Crippen LogP contribution in [-0.4, -0.2) is 40.7 Å². The molecule has 0 radical (unpaired) electrons. The molecule has 0 aliphatic carbocycles. The molecule has 0 aromatic carbocycles. The second-order valence-corrected chi connectivity index (χ2v) is 5.89. The number of guanidine groups is 1. The van der Waals surface area contributed by atoms with Crippen LogP contribution in [0.3, 0.4) is 0 Å². The molecule has 2 heterocycles. The van der Waals surface area contributed by atoms with Crippen molar-refractivity contribution in [2.45, 2.75) is 26.0 Å². The van der Waals surface area contributed by atoms with E-state index in [1.54, 1.807) is 25.3 Å². The van der Waals surface area contributed by atoms with Crippen molar-refractivity contribution in [1.29, 1.82) is 0 Å². The highest BCUT2D eigenvalue weighted by Crippen LogP contribution is 2.21. The number of furan rings is 1. The Morgan fingerprint density at radius 2 is 2.22 bits per heavy atom. The van der Waals surface area contributed by atoms with Crippen LogP contribution in [0.25, 0.3) is 0 Å². The molecule has 2 aromatic rings. The van der Waals surface area contributed by atoms with Crippen molar-refractivity contribution >= 4 is 5.96 Å². The van der Waals surface area contributed by atoms with Crippen molar-refractivity contribution < 1.29 is 9.52 Å². The number of aromatic nitrogens is 1. The van der Waals surface area contributed by atoms with Crippen molar-refractivity contribution in [2.24, 2.45) is 12.0 Å². The second-order valence-electron chi connectivity index (χ2n) is 5.89. The molecule has 0 saturated heterocycles. The van der Waals surface area contributed by atoms with E-state index in [4.69, 9.17) is 4.42 Å². The van der Waals surface area contributed by atoms with Gasteiger partial charge < -0.3 is 24.3 Å². The first-order chi connectivity index (χ1) is 10.9. The molecule has 2 rings (SSSR count). The molecule has 0 saturated carbocycles. The summed E-state index contributed by atoms with van der Waals surface area (Å²) in [6.07, 6.45) is 3.58. The number of rotatable bonds is 6. The van der Waals surface area contributed by atoms with E-state index in [1.165, 1.54) is 5.69 Å². The zero-order valence-corrected chi connectivity index (χ0v) is 14.3. The SMILES string of the molecule is CCNC(=NCC(C)(O)c1ccco1)N(C)Cc1cccn1C. The number of hydrogen-bond donors (Lipinski definition) is 2. The van der Waals surface area contributed by atoms with Crippen LogP contribution in [0, 0.1) is 0 Å². The van der Waals surface area contributed by atoms with Crippen molar-refractivity contribution in [2.75, 3.05) is 20.1 Å². The van der Waals surface area contributed by atoms with E-state index in [0.717, 1.165) is 19.0 Å². The fraction of sp³-hybridized carbons (Fsp3) is 0.471. The molecule has 23 heavy (non-hydrogen) atoms. The third-order valence-electron chi connectivity index (χ3n) is 3.74. The Kier molecular flexibility index (Phi) is 5.50. The predicted octanol–water partition coefficient (Wildman–Crippen LogP) is 1.92. The van der Waals surface area contributed by atoms with E-state index in [0.29, 0.717) is 5.76 Å². The monoisotopic (exact) mass is 318 g/mol. The molecule has 0 amide bonds. The molecule has 0 aliphatic rings. The minimum absolute atomic E-state index is 0.223. The zero-order valence-electron chi connectivity index (χ0n) is 14.3. The summed E-state index contributed by atoms with van der Waals surface area (Å²) in [4.78, 5) is 6.60. The lowest BCUT2D eigenvalue weighted by atomic mass is 10.0. The lowest BCUT2D eigenvalue weighted by Crippen LogP contribution is -2.40. The summed E-state index contributed by atoms with van der Waals surface area (Å²) < 4.78 is 7.38. The summed E-state index contributed by atoms with van der Waals surface area (Å²) in [6, 6.07) is 7.63. The van der Waals surface area contributed by atoms with Gasteiger partial charge in [-0.2, -0.15) is 0 Å². The Morgan fingerprint density at radius 3 is 2.78 bits per heavy atom. The standard InChI is InChI=1S/C17H26N4O2/c1-5-18-16(21(4)12-14-8-6-10-20(14)3)19-13-17(2,22)15-9-7-11-23-15/h6-11,22H,5,12-13H2,1-4H3,(H,18,19). The minimum atomic E-state index is -1.13. The third kappa shape index (κ3) is 4.39. The third-order valence-corrected chi connectivity index (χ3v) is 3.74. The van der Waals surface area contributed by atoms with Gasteiger partial charge in [-0.25, -0.2) is 4.99 Å². The first kappa shape index (κ1) is 17.1. The summed E-state index contributed by atoms with van der Waals surface area (Å²) in [5, 5.41) is 13.8. The van der Waals surface area contributed by atoms with Gasteiger partial charge in [0, 0.05) is 32.5 Å².